The molecule has 1 aromatic rings. The van der Waals surface area contributed by atoms with Crippen molar-refractivity contribution in [1.82, 2.24) is 0 Å². The highest BCUT2D eigenvalue weighted by atomic mass is 35.5. The predicted molar refractivity (Wildman–Crippen MR) is 75.5 cm³/mol. The van der Waals surface area contributed by atoms with Crippen LogP contribution in [0.15, 0.2) is 12.1 Å². The highest BCUT2D eigenvalue weighted by Gasteiger charge is 2.13. The number of rotatable bonds is 7. The fraction of sp³-hybridized carbons (Fsp3) is 0.571. The molecule has 0 amide bonds. The van der Waals surface area contributed by atoms with E-state index in [0.29, 0.717) is 35.6 Å². The van der Waals surface area contributed by atoms with E-state index in [1.165, 1.54) is 0 Å². The third-order valence-corrected chi connectivity index (χ3v) is 3.05. The Morgan fingerprint density at radius 2 is 2.11 bits per heavy atom. The van der Waals surface area contributed by atoms with Crippen LogP contribution in [0.4, 0.5) is 0 Å². The van der Waals surface area contributed by atoms with E-state index in [0.717, 1.165) is 18.4 Å². The maximum Gasteiger partial charge on any atom is 0.165 e. The average molecular weight is 272 g/mol. The maximum atomic E-state index is 6.00. The fourth-order valence-corrected chi connectivity index (χ4v) is 2.12. The normalized spacial score (nSPS) is 12.3. The van der Waals surface area contributed by atoms with Gasteiger partial charge in [-0.15, -0.1) is 0 Å². The second-order valence-corrected chi connectivity index (χ2v) is 4.94. The van der Waals surface area contributed by atoms with E-state index < -0.39 is 0 Å². The van der Waals surface area contributed by atoms with Gasteiger partial charge >= 0.3 is 0 Å². The molecule has 0 heterocycles. The minimum absolute atomic E-state index is 0.383. The van der Waals surface area contributed by atoms with Gasteiger partial charge in [0.15, 0.2) is 11.5 Å². The van der Waals surface area contributed by atoms with Gasteiger partial charge in [-0.25, -0.2) is 0 Å². The first-order valence-corrected chi connectivity index (χ1v) is 6.69. The molecule has 1 unspecified atom stereocenters. The second kappa shape index (κ2) is 7.49. The van der Waals surface area contributed by atoms with Gasteiger partial charge in [-0.3, -0.25) is 0 Å². The van der Waals surface area contributed by atoms with Crippen LogP contribution >= 0.6 is 11.6 Å². The number of methoxy groups -OCH3 is 1. The Labute approximate surface area is 114 Å². The molecule has 1 aromatic carbocycles. The highest BCUT2D eigenvalue weighted by molar-refractivity contribution is 6.30. The Kier molecular flexibility index (Phi) is 6.30. The number of nitrogens with two attached hydrogens (primary N) is 1. The molecule has 0 aliphatic rings. The van der Waals surface area contributed by atoms with Gasteiger partial charge in [-0.1, -0.05) is 31.9 Å². The molecule has 102 valence electrons. The standard InChI is InChI=1S/C14H22ClNO2/c1-4-5-10(2)9-18-14-11(8-16)6-12(15)7-13(14)17-3/h6-7,10H,4-5,8-9,16H2,1-3H3. The van der Waals surface area contributed by atoms with Crippen molar-refractivity contribution in [1.29, 1.82) is 0 Å². The lowest BCUT2D eigenvalue weighted by atomic mass is 10.1. The molecule has 0 radical (unpaired) electrons. The lowest BCUT2D eigenvalue weighted by Crippen LogP contribution is -2.11. The molecule has 0 saturated carbocycles. The van der Waals surface area contributed by atoms with Crippen LogP contribution < -0.4 is 15.2 Å². The number of halogens is 1. The third kappa shape index (κ3) is 4.07. The van der Waals surface area contributed by atoms with Crippen LogP contribution in [0.3, 0.4) is 0 Å². The van der Waals surface area contributed by atoms with Gasteiger partial charge in [-0.05, 0) is 18.4 Å². The van der Waals surface area contributed by atoms with Gasteiger partial charge in [0, 0.05) is 23.2 Å². The monoisotopic (exact) mass is 271 g/mol. The van der Waals surface area contributed by atoms with Gasteiger partial charge in [0.25, 0.3) is 0 Å². The van der Waals surface area contributed by atoms with Gasteiger partial charge in [0.1, 0.15) is 0 Å². The van der Waals surface area contributed by atoms with Gasteiger partial charge in [0.05, 0.1) is 13.7 Å². The van der Waals surface area contributed by atoms with E-state index in [9.17, 15) is 0 Å². The highest BCUT2D eigenvalue weighted by Crippen LogP contribution is 2.34. The van der Waals surface area contributed by atoms with Crippen molar-refractivity contribution in [2.24, 2.45) is 11.7 Å². The first kappa shape index (κ1) is 15.1. The Hall–Kier alpha value is -0.930. The zero-order valence-electron chi connectivity index (χ0n) is 11.3. The van der Waals surface area contributed by atoms with E-state index in [1.54, 1.807) is 13.2 Å². The minimum Gasteiger partial charge on any atom is -0.493 e. The lowest BCUT2D eigenvalue weighted by Gasteiger charge is -2.17. The molecule has 0 fully saturated rings. The predicted octanol–water partition coefficient (Wildman–Crippen LogP) is 3.62. The molecule has 4 heteroatoms. The number of ether oxygens (including phenoxy) is 2. The zero-order chi connectivity index (χ0) is 13.5. The number of benzene rings is 1. The molecule has 0 spiro atoms. The molecule has 2 N–H and O–H groups in total. The quantitative estimate of drug-likeness (QED) is 0.824. The Bertz CT molecular complexity index is 357. The topological polar surface area (TPSA) is 44.5 Å². The molecule has 18 heavy (non-hydrogen) atoms. The van der Waals surface area contributed by atoms with Crippen LogP contribution in [0.1, 0.15) is 32.3 Å². The van der Waals surface area contributed by atoms with Crippen molar-refractivity contribution in [3.63, 3.8) is 0 Å². The van der Waals surface area contributed by atoms with Crippen LogP contribution in [0.25, 0.3) is 0 Å². The summed E-state index contributed by atoms with van der Waals surface area (Å²) in [5.41, 5.74) is 6.59. The Morgan fingerprint density at radius 3 is 2.67 bits per heavy atom. The lowest BCUT2D eigenvalue weighted by molar-refractivity contribution is 0.238. The summed E-state index contributed by atoms with van der Waals surface area (Å²) in [4.78, 5) is 0. The first-order valence-electron chi connectivity index (χ1n) is 6.31. The molecule has 0 aliphatic carbocycles. The maximum absolute atomic E-state index is 6.00. The van der Waals surface area contributed by atoms with Crippen molar-refractivity contribution >= 4 is 11.6 Å². The summed E-state index contributed by atoms with van der Waals surface area (Å²) in [7, 11) is 1.61. The molecule has 1 rings (SSSR count). The summed E-state index contributed by atoms with van der Waals surface area (Å²) in [6.07, 6.45) is 2.31. The Morgan fingerprint density at radius 1 is 1.39 bits per heavy atom. The van der Waals surface area contributed by atoms with Crippen molar-refractivity contribution in [3.05, 3.63) is 22.7 Å². The summed E-state index contributed by atoms with van der Waals surface area (Å²) in [5.74, 6) is 1.88. The van der Waals surface area contributed by atoms with Crippen molar-refractivity contribution < 1.29 is 9.47 Å². The van der Waals surface area contributed by atoms with Gasteiger partial charge in [-0.2, -0.15) is 0 Å². The fourth-order valence-electron chi connectivity index (χ4n) is 1.89. The molecule has 1 atom stereocenters. The van der Waals surface area contributed by atoms with E-state index in [1.807, 2.05) is 6.07 Å². The molecule has 0 bridgehead atoms. The summed E-state index contributed by atoms with van der Waals surface area (Å²) in [6.45, 7) is 5.39. The molecular formula is C14H22ClNO2. The van der Waals surface area contributed by atoms with Crippen LogP contribution in [0, 0.1) is 5.92 Å². The summed E-state index contributed by atoms with van der Waals surface area (Å²) >= 11 is 6.00. The molecule has 0 aliphatic heterocycles. The summed E-state index contributed by atoms with van der Waals surface area (Å²) in [6, 6.07) is 3.57. The summed E-state index contributed by atoms with van der Waals surface area (Å²) in [5, 5.41) is 0.612. The third-order valence-electron chi connectivity index (χ3n) is 2.83. The van der Waals surface area contributed by atoms with E-state index in [4.69, 9.17) is 26.8 Å². The Balaban J connectivity index is 2.85. The van der Waals surface area contributed by atoms with Crippen LogP contribution in [0.5, 0.6) is 11.5 Å². The summed E-state index contributed by atoms with van der Waals surface area (Å²) < 4.78 is 11.2. The smallest absolute Gasteiger partial charge is 0.165 e. The molecule has 3 nitrogen and oxygen atoms in total. The van der Waals surface area contributed by atoms with Crippen LogP contribution in [-0.4, -0.2) is 13.7 Å². The van der Waals surface area contributed by atoms with Crippen LogP contribution in [-0.2, 0) is 6.54 Å². The van der Waals surface area contributed by atoms with Gasteiger partial charge < -0.3 is 15.2 Å². The molecular weight excluding hydrogens is 250 g/mol. The SMILES string of the molecule is CCCC(C)COc1c(CN)cc(Cl)cc1OC. The number of hydrogen-bond donors (Lipinski definition) is 1. The second-order valence-electron chi connectivity index (χ2n) is 4.51. The van der Waals surface area contributed by atoms with Crippen molar-refractivity contribution in [3.8, 4) is 11.5 Å². The largest absolute Gasteiger partial charge is 0.493 e. The van der Waals surface area contributed by atoms with Crippen LogP contribution in [0.2, 0.25) is 5.02 Å². The minimum atomic E-state index is 0.383. The van der Waals surface area contributed by atoms with Gasteiger partial charge in [0.2, 0.25) is 0 Å². The van der Waals surface area contributed by atoms with Crippen molar-refractivity contribution in [2.45, 2.75) is 33.2 Å². The first-order chi connectivity index (χ1) is 8.62. The van der Waals surface area contributed by atoms with E-state index >= 15 is 0 Å². The molecule has 0 saturated heterocycles. The number of hydrogen-bond acceptors (Lipinski definition) is 3. The molecule has 0 aromatic heterocycles. The van der Waals surface area contributed by atoms with E-state index in [2.05, 4.69) is 13.8 Å². The average Bonchev–Trinajstić information content (AvgIpc) is 2.36. The van der Waals surface area contributed by atoms with Crippen molar-refractivity contribution in [2.75, 3.05) is 13.7 Å². The van der Waals surface area contributed by atoms with E-state index in [-0.39, 0.29) is 0 Å². The zero-order valence-corrected chi connectivity index (χ0v) is 12.1.